The Labute approximate surface area is 97.7 Å². The fourth-order valence-corrected chi connectivity index (χ4v) is 1.27. The van der Waals surface area contributed by atoms with Gasteiger partial charge in [0.1, 0.15) is 17.9 Å². The molecule has 0 saturated carbocycles. The molecule has 0 saturated heterocycles. The molecule has 0 unspecified atom stereocenters. The maximum Gasteiger partial charge on any atom is 0.325 e. The maximum absolute atomic E-state index is 10.6. The number of carboxylic acid groups (broad SMARTS) is 1. The van der Waals surface area contributed by atoms with Gasteiger partial charge in [0.25, 0.3) is 0 Å². The molecule has 84 valence electrons. The van der Waals surface area contributed by atoms with Gasteiger partial charge >= 0.3 is 5.97 Å². The van der Waals surface area contributed by atoms with Crippen molar-refractivity contribution in [2.75, 3.05) is 5.32 Å². The van der Waals surface area contributed by atoms with Crippen molar-refractivity contribution < 1.29 is 9.90 Å². The number of nitrogens with zero attached hydrogens (tertiary/aromatic N) is 2. The summed E-state index contributed by atoms with van der Waals surface area (Å²) in [6.45, 7) is 3.14. The summed E-state index contributed by atoms with van der Waals surface area (Å²) in [7, 11) is 0. The molecule has 0 aromatic carbocycles. The van der Waals surface area contributed by atoms with Gasteiger partial charge in [0.05, 0.1) is 16.3 Å². The molecule has 0 amide bonds. The number of hydrogen-bond acceptors (Lipinski definition) is 4. The molecule has 1 atom stereocenters. The van der Waals surface area contributed by atoms with Gasteiger partial charge in [-0.05, 0) is 19.9 Å². The summed E-state index contributed by atoms with van der Waals surface area (Å²) in [5, 5.41) is 20.3. The minimum atomic E-state index is -1.00. The van der Waals surface area contributed by atoms with E-state index in [9.17, 15) is 4.79 Å². The maximum atomic E-state index is 10.6. The van der Waals surface area contributed by atoms with Crippen LogP contribution in [-0.2, 0) is 4.79 Å². The average Bonchev–Trinajstić information content (AvgIpc) is 2.22. The van der Waals surface area contributed by atoms with E-state index >= 15 is 0 Å². The number of carboxylic acids is 1. The van der Waals surface area contributed by atoms with Crippen molar-refractivity contribution >= 4 is 23.4 Å². The van der Waals surface area contributed by atoms with Crippen LogP contribution in [0.4, 0.5) is 5.82 Å². The number of nitriles is 1. The molecule has 0 radical (unpaired) electrons. The lowest BCUT2D eigenvalue weighted by molar-refractivity contribution is -0.137. The van der Waals surface area contributed by atoms with Crippen LogP contribution in [-0.4, -0.2) is 22.1 Å². The van der Waals surface area contributed by atoms with Crippen molar-refractivity contribution in [1.29, 1.82) is 5.26 Å². The van der Waals surface area contributed by atoms with Gasteiger partial charge in [-0.2, -0.15) is 5.26 Å². The second kappa shape index (κ2) is 4.81. The highest BCUT2D eigenvalue weighted by atomic mass is 35.5. The van der Waals surface area contributed by atoms with Crippen molar-refractivity contribution in [3.05, 3.63) is 22.3 Å². The van der Waals surface area contributed by atoms with Gasteiger partial charge in [0, 0.05) is 0 Å². The van der Waals surface area contributed by atoms with Crippen LogP contribution in [0, 0.1) is 18.3 Å². The predicted octanol–water partition coefficient (Wildman–Crippen LogP) is 1.80. The van der Waals surface area contributed by atoms with Crippen LogP contribution in [0.25, 0.3) is 0 Å². The predicted molar refractivity (Wildman–Crippen MR) is 59.4 cm³/mol. The molecule has 1 heterocycles. The summed E-state index contributed by atoms with van der Waals surface area (Å²) >= 11 is 5.86. The number of halogens is 1. The van der Waals surface area contributed by atoms with E-state index in [2.05, 4.69) is 10.3 Å². The largest absolute Gasteiger partial charge is 0.480 e. The quantitative estimate of drug-likeness (QED) is 0.840. The number of aromatic nitrogens is 1. The van der Waals surface area contributed by atoms with Gasteiger partial charge in [-0.15, -0.1) is 0 Å². The lowest BCUT2D eigenvalue weighted by Gasteiger charge is -2.12. The van der Waals surface area contributed by atoms with Crippen molar-refractivity contribution in [1.82, 2.24) is 4.98 Å². The van der Waals surface area contributed by atoms with E-state index in [1.165, 1.54) is 13.0 Å². The number of anilines is 1. The zero-order chi connectivity index (χ0) is 12.3. The Morgan fingerprint density at radius 1 is 1.75 bits per heavy atom. The number of pyridine rings is 1. The SMILES string of the molecule is Cc1nc(N[C@@H](C)C(=O)O)c(Cl)cc1C#N. The number of hydrogen-bond donors (Lipinski definition) is 2. The molecule has 16 heavy (non-hydrogen) atoms. The first-order chi connectivity index (χ1) is 7.45. The molecule has 5 nitrogen and oxygen atoms in total. The van der Waals surface area contributed by atoms with E-state index in [0.717, 1.165) is 0 Å². The van der Waals surface area contributed by atoms with Crippen molar-refractivity contribution in [2.45, 2.75) is 19.9 Å². The molecule has 1 rings (SSSR count). The molecular weight excluding hydrogens is 230 g/mol. The Hall–Kier alpha value is -1.80. The van der Waals surface area contributed by atoms with Gasteiger partial charge in [-0.1, -0.05) is 11.6 Å². The van der Waals surface area contributed by atoms with E-state index in [-0.39, 0.29) is 10.8 Å². The van der Waals surface area contributed by atoms with Gasteiger partial charge in [-0.25, -0.2) is 4.98 Å². The number of nitrogens with one attached hydrogen (secondary N) is 1. The third-order valence-electron chi connectivity index (χ3n) is 2.01. The number of carbonyl (C=O) groups is 1. The summed E-state index contributed by atoms with van der Waals surface area (Å²) in [4.78, 5) is 14.7. The number of rotatable bonds is 3. The monoisotopic (exact) mass is 239 g/mol. The molecule has 2 N–H and O–H groups in total. The fraction of sp³-hybridized carbons (Fsp3) is 0.300. The van der Waals surface area contributed by atoms with Crippen molar-refractivity contribution in [3.63, 3.8) is 0 Å². The summed E-state index contributed by atoms with van der Waals surface area (Å²) in [6, 6.07) is 2.61. The Balaban J connectivity index is 3.03. The Morgan fingerprint density at radius 2 is 2.38 bits per heavy atom. The third kappa shape index (κ3) is 2.61. The molecule has 1 aromatic rings. The van der Waals surface area contributed by atoms with E-state index in [0.29, 0.717) is 11.3 Å². The van der Waals surface area contributed by atoms with Crippen LogP contribution in [0.3, 0.4) is 0 Å². The van der Waals surface area contributed by atoms with Crippen LogP contribution < -0.4 is 5.32 Å². The van der Waals surface area contributed by atoms with Crippen LogP contribution in [0.2, 0.25) is 5.02 Å². The third-order valence-corrected chi connectivity index (χ3v) is 2.30. The van der Waals surface area contributed by atoms with Crippen molar-refractivity contribution in [2.24, 2.45) is 0 Å². The topological polar surface area (TPSA) is 86.0 Å². The standard InChI is InChI=1S/C10H10ClN3O2/c1-5-7(4-12)3-8(11)9(13-5)14-6(2)10(15)16/h3,6H,1-2H3,(H,13,14)(H,15,16)/t6-/m0/s1. The van der Waals surface area contributed by atoms with Crippen LogP contribution in [0.1, 0.15) is 18.2 Å². The highest BCUT2D eigenvalue weighted by Gasteiger charge is 2.14. The van der Waals surface area contributed by atoms with E-state index < -0.39 is 12.0 Å². The Bertz CT molecular complexity index is 468. The highest BCUT2D eigenvalue weighted by molar-refractivity contribution is 6.33. The molecule has 0 bridgehead atoms. The highest BCUT2D eigenvalue weighted by Crippen LogP contribution is 2.22. The lowest BCUT2D eigenvalue weighted by atomic mass is 10.2. The van der Waals surface area contributed by atoms with Crippen LogP contribution in [0.15, 0.2) is 6.07 Å². The first-order valence-corrected chi connectivity index (χ1v) is 4.90. The zero-order valence-corrected chi connectivity index (χ0v) is 9.54. The van der Waals surface area contributed by atoms with E-state index in [1.54, 1.807) is 6.92 Å². The van der Waals surface area contributed by atoms with Gasteiger partial charge in [-0.3, -0.25) is 4.79 Å². The van der Waals surface area contributed by atoms with E-state index in [4.69, 9.17) is 22.0 Å². The Morgan fingerprint density at radius 3 is 2.88 bits per heavy atom. The summed E-state index contributed by atoms with van der Waals surface area (Å²) in [5.74, 6) is -0.729. The Kier molecular flexibility index (Phi) is 3.69. The van der Waals surface area contributed by atoms with Crippen molar-refractivity contribution in [3.8, 4) is 6.07 Å². The normalized spacial score (nSPS) is 11.6. The molecule has 0 spiro atoms. The van der Waals surface area contributed by atoms with Gasteiger partial charge in [0.2, 0.25) is 0 Å². The molecule has 0 aliphatic heterocycles. The molecule has 0 fully saturated rings. The molecule has 0 aliphatic rings. The first-order valence-electron chi connectivity index (χ1n) is 4.52. The molecular formula is C10H10ClN3O2. The molecule has 0 aliphatic carbocycles. The second-order valence-corrected chi connectivity index (χ2v) is 3.68. The smallest absolute Gasteiger partial charge is 0.325 e. The number of aliphatic carboxylic acids is 1. The second-order valence-electron chi connectivity index (χ2n) is 3.27. The van der Waals surface area contributed by atoms with Gasteiger partial charge in [0.15, 0.2) is 0 Å². The first kappa shape index (κ1) is 12.3. The lowest BCUT2D eigenvalue weighted by Crippen LogP contribution is -2.26. The summed E-state index contributed by atoms with van der Waals surface area (Å²) < 4.78 is 0. The average molecular weight is 240 g/mol. The summed E-state index contributed by atoms with van der Waals surface area (Å²) in [5.41, 5.74) is 0.880. The fourth-order valence-electron chi connectivity index (χ4n) is 1.06. The van der Waals surface area contributed by atoms with Gasteiger partial charge < -0.3 is 10.4 Å². The number of aryl methyl sites for hydroxylation is 1. The van der Waals surface area contributed by atoms with Crippen LogP contribution in [0.5, 0.6) is 0 Å². The molecule has 1 aromatic heterocycles. The zero-order valence-electron chi connectivity index (χ0n) is 8.78. The summed E-state index contributed by atoms with van der Waals surface area (Å²) in [6.07, 6.45) is 0. The molecule has 6 heteroatoms. The minimum Gasteiger partial charge on any atom is -0.480 e. The van der Waals surface area contributed by atoms with E-state index in [1.807, 2.05) is 6.07 Å². The minimum absolute atomic E-state index is 0.232. The van der Waals surface area contributed by atoms with Crippen LogP contribution >= 0.6 is 11.6 Å².